The third kappa shape index (κ3) is 1.93. The van der Waals surface area contributed by atoms with Crippen LogP contribution in [0.1, 0.15) is 13.8 Å². The first kappa shape index (κ1) is 13.9. The van der Waals surface area contributed by atoms with Crippen LogP contribution in [-0.4, -0.2) is 77.4 Å². The molecule has 1 N–H and O–H groups in total. The number of rotatable bonds is 2. The van der Waals surface area contributed by atoms with Gasteiger partial charge >= 0.3 is 0 Å². The average molecular weight is 308 g/mol. The predicted molar refractivity (Wildman–Crippen MR) is 74.6 cm³/mol. The van der Waals surface area contributed by atoms with Crippen LogP contribution in [0.4, 0.5) is 0 Å². The molecule has 4 heterocycles. The number of amides is 1. The highest BCUT2D eigenvalue weighted by molar-refractivity contribution is 6.19. The first-order valence-electron chi connectivity index (χ1n) is 7.08. The van der Waals surface area contributed by atoms with Crippen LogP contribution in [0, 0.1) is 0 Å². The van der Waals surface area contributed by atoms with Gasteiger partial charge in [-0.2, -0.15) is 4.99 Å². The first-order chi connectivity index (χ1) is 10.5. The van der Waals surface area contributed by atoms with Crippen LogP contribution in [0.3, 0.4) is 0 Å². The number of fused-ring (bicyclic) bond motifs is 2. The average Bonchev–Trinajstić information content (AvgIpc) is 3.10. The lowest BCUT2D eigenvalue weighted by molar-refractivity contribution is -0.198. The fourth-order valence-corrected chi connectivity index (χ4v) is 3.16. The van der Waals surface area contributed by atoms with Gasteiger partial charge in [0, 0.05) is 0 Å². The lowest BCUT2D eigenvalue weighted by Crippen LogP contribution is -2.48. The zero-order valence-electron chi connectivity index (χ0n) is 12.1. The SMILES string of the molecule is CC1(C)OC2C(CO)OC(N3C=NC4C(=O)N=CN=C43)C2O1. The van der Waals surface area contributed by atoms with Gasteiger partial charge in [-0.15, -0.1) is 0 Å². The minimum atomic E-state index is -0.757. The van der Waals surface area contributed by atoms with Crippen LogP contribution in [0.5, 0.6) is 0 Å². The summed E-state index contributed by atoms with van der Waals surface area (Å²) in [5.41, 5.74) is 0. The van der Waals surface area contributed by atoms with Crippen LogP contribution < -0.4 is 0 Å². The van der Waals surface area contributed by atoms with Gasteiger partial charge in [0.05, 0.1) is 12.9 Å². The van der Waals surface area contributed by atoms with E-state index in [4.69, 9.17) is 14.2 Å². The summed E-state index contributed by atoms with van der Waals surface area (Å²) in [6, 6.07) is -0.726. The quantitative estimate of drug-likeness (QED) is 0.694. The predicted octanol–water partition coefficient (Wildman–Crippen LogP) is -1.10. The van der Waals surface area contributed by atoms with Crippen LogP contribution in [0.15, 0.2) is 15.0 Å². The van der Waals surface area contributed by atoms with E-state index in [0.29, 0.717) is 5.84 Å². The minimum absolute atomic E-state index is 0.182. The Morgan fingerprint density at radius 1 is 1.36 bits per heavy atom. The van der Waals surface area contributed by atoms with Crippen molar-refractivity contribution in [3.63, 3.8) is 0 Å². The van der Waals surface area contributed by atoms with Crippen molar-refractivity contribution in [1.82, 2.24) is 4.90 Å². The van der Waals surface area contributed by atoms with E-state index < -0.39 is 30.3 Å². The van der Waals surface area contributed by atoms with E-state index in [-0.39, 0.29) is 18.6 Å². The number of carbonyl (C=O) groups excluding carboxylic acids is 1. The number of aliphatic imine (C=N–C) groups is 3. The molecule has 9 nitrogen and oxygen atoms in total. The molecular weight excluding hydrogens is 292 g/mol. The van der Waals surface area contributed by atoms with Crippen molar-refractivity contribution >= 4 is 24.4 Å². The molecule has 0 aromatic heterocycles. The lowest BCUT2D eigenvalue weighted by atomic mass is 10.1. The summed E-state index contributed by atoms with van der Waals surface area (Å²) in [6.45, 7) is 3.44. The van der Waals surface area contributed by atoms with E-state index in [1.54, 1.807) is 4.90 Å². The molecule has 0 aliphatic carbocycles. The Bertz CT molecular complexity index is 601. The van der Waals surface area contributed by atoms with Crippen molar-refractivity contribution in [2.24, 2.45) is 15.0 Å². The summed E-state index contributed by atoms with van der Waals surface area (Å²) < 4.78 is 17.5. The number of nitrogens with zero attached hydrogens (tertiary/aromatic N) is 4. The molecule has 0 aromatic rings. The molecule has 2 saturated heterocycles. The molecule has 0 saturated carbocycles. The summed E-state index contributed by atoms with van der Waals surface area (Å²) in [6.07, 6.45) is 0.863. The molecule has 0 radical (unpaired) electrons. The Balaban J connectivity index is 1.63. The van der Waals surface area contributed by atoms with Gasteiger partial charge in [-0.25, -0.2) is 4.99 Å². The fraction of sp³-hybridized carbons (Fsp3) is 0.692. The molecule has 4 rings (SSSR count). The van der Waals surface area contributed by atoms with Gasteiger partial charge in [-0.3, -0.25) is 14.7 Å². The van der Waals surface area contributed by atoms with Gasteiger partial charge in [-0.05, 0) is 13.8 Å². The number of carbonyl (C=O) groups is 1. The highest BCUT2D eigenvalue weighted by atomic mass is 16.8. The summed E-state index contributed by atoms with van der Waals surface area (Å²) in [5, 5.41) is 9.50. The van der Waals surface area contributed by atoms with Crippen molar-refractivity contribution in [2.45, 2.75) is 50.2 Å². The van der Waals surface area contributed by atoms with Gasteiger partial charge in [0.1, 0.15) is 30.5 Å². The highest BCUT2D eigenvalue weighted by Gasteiger charge is 2.58. The number of amidine groups is 1. The molecule has 5 atom stereocenters. The lowest BCUT2D eigenvalue weighted by Gasteiger charge is -2.29. The summed E-state index contributed by atoms with van der Waals surface area (Å²) >= 11 is 0. The molecule has 0 bridgehead atoms. The molecule has 0 aromatic carbocycles. The summed E-state index contributed by atoms with van der Waals surface area (Å²) in [5.74, 6) is -0.663. The maximum absolute atomic E-state index is 11.7. The Labute approximate surface area is 126 Å². The van der Waals surface area contributed by atoms with E-state index >= 15 is 0 Å². The Hall–Kier alpha value is -1.68. The largest absolute Gasteiger partial charge is 0.394 e. The Kier molecular flexibility index (Phi) is 2.95. The van der Waals surface area contributed by atoms with Crippen molar-refractivity contribution in [3.8, 4) is 0 Å². The van der Waals surface area contributed by atoms with Gasteiger partial charge in [0.15, 0.2) is 18.1 Å². The van der Waals surface area contributed by atoms with E-state index in [0.717, 1.165) is 0 Å². The van der Waals surface area contributed by atoms with Gasteiger partial charge in [0.2, 0.25) is 0 Å². The van der Waals surface area contributed by atoms with Gasteiger partial charge < -0.3 is 19.3 Å². The van der Waals surface area contributed by atoms with Gasteiger partial charge in [-0.1, -0.05) is 0 Å². The van der Waals surface area contributed by atoms with E-state index in [1.807, 2.05) is 13.8 Å². The maximum atomic E-state index is 11.7. The fourth-order valence-electron chi connectivity index (χ4n) is 3.16. The molecule has 4 aliphatic heterocycles. The zero-order chi connectivity index (χ0) is 15.5. The molecule has 22 heavy (non-hydrogen) atoms. The minimum Gasteiger partial charge on any atom is -0.394 e. The van der Waals surface area contributed by atoms with Crippen molar-refractivity contribution in [2.75, 3.05) is 6.61 Å². The molecule has 1 amide bonds. The van der Waals surface area contributed by atoms with Crippen molar-refractivity contribution in [1.29, 1.82) is 0 Å². The zero-order valence-corrected chi connectivity index (χ0v) is 12.1. The molecule has 0 spiro atoms. The second kappa shape index (κ2) is 4.66. The topological polar surface area (TPSA) is 105 Å². The maximum Gasteiger partial charge on any atom is 0.279 e. The van der Waals surface area contributed by atoms with Gasteiger partial charge in [0.25, 0.3) is 5.91 Å². The van der Waals surface area contributed by atoms with Crippen molar-refractivity contribution in [3.05, 3.63) is 0 Å². The number of hydrogen-bond acceptors (Lipinski definition) is 8. The highest BCUT2D eigenvalue weighted by Crippen LogP contribution is 2.40. The second-order valence-corrected chi connectivity index (χ2v) is 5.96. The smallest absolute Gasteiger partial charge is 0.279 e. The third-order valence-corrected chi connectivity index (χ3v) is 4.04. The normalized spacial score (nSPS) is 41.8. The summed E-state index contributed by atoms with van der Waals surface area (Å²) in [4.78, 5) is 25.3. The molecular formula is C13H16N4O5. The molecule has 5 unspecified atom stereocenters. The van der Waals surface area contributed by atoms with Crippen LogP contribution in [0.2, 0.25) is 0 Å². The third-order valence-electron chi connectivity index (χ3n) is 4.04. The molecule has 9 heteroatoms. The first-order valence-corrected chi connectivity index (χ1v) is 7.08. The standard InChI is InChI=1S/C13H16N4O5/c1-13(2)21-8-6(3-18)20-12(9(8)22-13)17-5-16-7-10(17)14-4-15-11(7)19/h4-9,12,18H,3H2,1-2H3. The number of hydrogen-bond donors (Lipinski definition) is 1. The number of aliphatic hydroxyl groups excluding tert-OH is 1. The number of ether oxygens (including phenoxy) is 3. The van der Waals surface area contributed by atoms with E-state index in [2.05, 4.69) is 15.0 Å². The van der Waals surface area contributed by atoms with E-state index in [1.165, 1.54) is 12.7 Å². The Morgan fingerprint density at radius 3 is 2.91 bits per heavy atom. The van der Waals surface area contributed by atoms with Crippen molar-refractivity contribution < 1.29 is 24.1 Å². The monoisotopic (exact) mass is 308 g/mol. The molecule has 2 fully saturated rings. The molecule has 118 valence electrons. The Morgan fingerprint density at radius 2 is 2.14 bits per heavy atom. The van der Waals surface area contributed by atoms with E-state index in [9.17, 15) is 9.90 Å². The van der Waals surface area contributed by atoms with Crippen LogP contribution in [0.25, 0.3) is 0 Å². The second-order valence-electron chi connectivity index (χ2n) is 5.96. The van der Waals surface area contributed by atoms with Crippen LogP contribution >= 0.6 is 0 Å². The molecule has 4 aliphatic rings. The number of aliphatic hydroxyl groups is 1. The van der Waals surface area contributed by atoms with Crippen LogP contribution in [-0.2, 0) is 19.0 Å². The summed E-state index contributed by atoms with van der Waals surface area (Å²) in [7, 11) is 0.